The maximum Gasteiger partial charge on any atom is 0.276 e. The van der Waals surface area contributed by atoms with Crippen LogP contribution in [0.3, 0.4) is 0 Å². The summed E-state index contributed by atoms with van der Waals surface area (Å²) < 4.78 is 18.1. The van der Waals surface area contributed by atoms with Gasteiger partial charge in [0.15, 0.2) is 11.5 Å². The van der Waals surface area contributed by atoms with Crippen LogP contribution < -0.4 is 0 Å². The van der Waals surface area contributed by atoms with Crippen molar-refractivity contribution in [2.24, 2.45) is 0 Å². The van der Waals surface area contributed by atoms with Gasteiger partial charge in [0.05, 0.1) is 0 Å². The summed E-state index contributed by atoms with van der Waals surface area (Å²) in [7, 11) is 1.71. The highest BCUT2D eigenvalue weighted by molar-refractivity contribution is 5.92. The molecule has 0 bridgehead atoms. The predicted molar refractivity (Wildman–Crippen MR) is 84.1 cm³/mol. The van der Waals surface area contributed by atoms with Crippen molar-refractivity contribution in [2.75, 3.05) is 7.05 Å². The number of hydrogen-bond donors (Lipinski definition) is 0. The summed E-state index contributed by atoms with van der Waals surface area (Å²) in [6.45, 7) is 0.485. The molecule has 0 saturated carbocycles. The fraction of sp³-hybridized carbons (Fsp3) is 0.111. The van der Waals surface area contributed by atoms with Crippen LogP contribution in [0.25, 0.3) is 11.3 Å². The average Bonchev–Trinajstić information content (AvgIpc) is 3.05. The molecule has 0 atom stereocenters. The van der Waals surface area contributed by atoms with E-state index in [9.17, 15) is 9.18 Å². The summed E-state index contributed by atoms with van der Waals surface area (Å²) in [5, 5.41) is 3.82. The van der Waals surface area contributed by atoms with Crippen molar-refractivity contribution in [3.63, 3.8) is 0 Å². The van der Waals surface area contributed by atoms with Gasteiger partial charge in [0.2, 0.25) is 0 Å². The molecule has 3 aromatic rings. The van der Waals surface area contributed by atoms with E-state index in [0.717, 1.165) is 5.56 Å². The number of halogens is 1. The lowest BCUT2D eigenvalue weighted by molar-refractivity contribution is 0.0775. The molecule has 0 aliphatic heterocycles. The second-order valence-corrected chi connectivity index (χ2v) is 5.23. The van der Waals surface area contributed by atoms with Gasteiger partial charge in [-0.3, -0.25) is 4.79 Å². The van der Waals surface area contributed by atoms with Crippen LogP contribution in [0.15, 0.2) is 65.2 Å². The lowest BCUT2D eigenvalue weighted by atomic mass is 10.1. The molecule has 2 aromatic carbocycles. The largest absolute Gasteiger partial charge is 0.355 e. The molecule has 116 valence electrons. The molecule has 0 fully saturated rings. The van der Waals surface area contributed by atoms with Gasteiger partial charge in [-0.2, -0.15) is 0 Å². The SMILES string of the molecule is CN(Cc1ccccc1)C(=O)c1cc(-c2ccc(F)cc2)on1. The number of amides is 1. The Morgan fingerprint density at radius 1 is 1.13 bits per heavy atom. The van der Waals surface area contributed by atoms with E-state index in [1.54, 1.807) is 30.1 Å². The lowest BCUT2D eigenvalue weighted by Gasteiger charge is -2.15. The first-order valence-corrected chi connectivity index (χ1v) is 7.15. The predicted octanol–water partition coefficient (Wildman–Crippen LogP) is 3.75. The number of rotatable bonds is 4. The van der Waals surface area contributed by atoms with Gasteiger partial charge in [-0.25, -0.2) is 4.39 Å². The smallest absolute Gasteiger partial charge is 0.276 e. The van der Waals surface area contributed by atoms with Gasteiger partial charge in [-0.15, -0.1) is 0 Å². The van der Waals surface area contributed by atoms with Gasteiger partial charge in [0.1, 0.15) is 5.82 Å². The maximum absolute atomic E-state index is 12.9. The Morgan fingerprint density at radius 2 is 1.83 bits per heavy atom. The molecule has 5 heteroatoms. The Bertz CT molecular complexity index is 797. The fourth-order valence-corrected chi connectivity index (χ4v) is 2.25. The highest BCUT2D eigenvalue weighted by atomic mass is 19.1. The van der Waals surface area contributed by atoms with Crippen molar-refractivity contribution in [1.29, 1.82) is 0 Å². The Morgan fingerprint density at radius 3 is 2.52 bits per heavy atom. The number of nitrogens with zero attached hydrogens (tertiary/aromatic N) is 2. The maximum atomic E-state index is 12.9. The minimum absolute atomic E-state index is 0.225. The Labute approximate surface area is 133 Å². The van der Waals surface area contributed by atoms with Crippen LogP contribution in [-0.4, -0.2) is 23.0 Å². The van der Waals surface area contributed by atoms with Crippen LogP contribution in [0.4, 0.5) is 4.39 Å². The van der Waals surface area contributed by atoms with E-state index < -0.39 is 0 Å². The Kier molecular flexibility index (Phi) is 4.19. The monoisotopic (exact) mass is 310 g/mol. The van der Waals surface area contributed by atoms with Gasteiger partial charge in [0.25, 0.3) is 5.91 Å². The van der Waals surface area contributed by atoms with Gasteiger partial charge in [-0.05, 0) is 29.8 Å². The second-order valence-electron chi connectivity index (χ2n) is 5.23. The van der Waals surface area contributed by atoms with Crippen molar-refractivity contribution < 1.29 is 13.7 Å². The van der Waals surface area contributed by atoms with Crippen molar-refractivity contribution >= 4 is 5.91 Å². The number of carbonyl (C=O) groups excluding carboxylic acids is 1. The molecule has 0 N–H and O–H groups in total. The third kappa shape index (κ3) is 3.45. The number of aromatic nitrogens is 1. The summed E-state index contributed by atoms with van der Waals surface area (Å²) in [6.07, 6.45) is 0. The molecule has 0 aliphatic carbocycles. The van der Waals surface area contributed by atoms with E-state index in [0.29, 0.717) is 17.9 Å². The molecule has 1 amide bonds. The molecule has 23 heavy (non-hydrogen) atoms. The zero-order chi connectivity index (χ0) is 16.2. The van der Waals surface area contributed by atoms with Crippen LogP contribution in [0.2, 0.25) is 0 Å². The van der Waals surface area contributed by atoms with Crippen molar-refractivity contribution in [3.8, 4) is 11.3 Å². The molecule has 4 nitrogen and oxygen atoms in total. The second kappa shape index (κ2) is 6.44. The summed E-state index contributed by atoms with van der Waals surface area (Å²) in [5.74, 6) is -0.125. The van der Waals surface area contributed by atoms with E-state index in [2.05, 4.69) is 5.16 Å². The Balaban J connectivity index is 1.74. The van der Waals surface area contributed by atoms with Crippen LogP contribution in [-0.2, 0) is 6.54 Å². The normalized spacial score (nSPS) is 10.5. The summed E-state index contributed by atoms with van der Waals surface area (Å²) in [5.41, 5.74) is 1.93. The van der Waals surface area contributed by atoms with E-state index in [-0.39, 0.29) is 17.4 Å². The van der Waals surface area contributed by atoms with Crippen LogP contribution in [0.1, 0.15) is 16.1 Å². The minimum Gasteiger partial charge on any atom is -0.355 e. The number of carbonyl (C=O) groups is 1. The topological polar surface area (TPSA) is 46.3 Å². The molecular formula is C18H15FN2O2. The van der Waals surface area contributed by atoms with Crippen molar-refractivity contribution in [1.82, 2.24) is 10.1 Å². The van der Waals surface area contributed by atoms with Crippen molar-refractivity contribution in [3.05, 3.63) is 77.7 Å². The highest BCUT2D eigenvalue weighted by Gasteiger charge is 2.17. The van der Waals surface area contributed by atoms with Gasteiger partial charge >= 0.3 is 0 Å². The Hall–Kier alpha value is -2.95. The summed E-state index contributed by atoms with van der Waals surface area (Å²) in [4.78, 5) is 14.0. The molecule has 0 unspecified atom stereocenters. The third-order valence-corrected chi connectivity index (χ3v) is 3.47. The number of hydrogen-bond acceptors (Lipinski definition) is 3. The van der Waals surface area contributed by atoms with E-state index in [1.807, 2.05) is 30.3 Å². The fourth-order valence-electron chi connectivity index (χ4n) is 2.25. The van der Waals surface area contributed by atoms with E-state index in [1.165, 1.54) is 12.1 Å². The standard InChI is InChI=1S/C18H15FN2O2/c1-21(12-13-5-3-2-4-6-13)18(22)16-11-17(23-20-16)14-7-9-15(19)10-8-14/h2-11H,12H2,1H3. The molecule has 3 rings (SSSR count). The molecule has 0 aliphatic rings. The quantitative estimate of drug-likeness (QED) is 0.737. The molecule has 1 heterocycles. The van der Waals surface area contributed by atoms with Crippen LogP contribution in [0.5, 0.6) is 0 Å². The molecule has 0 saturated heterocycles. The van der Waals surface area contributed by atoms with Crippen LogP contribution >= 0.6 is 0 Å². The molecule has 0 spiro atoms. The third-order valence-electron chi connectivity index (χ3n) is 3.47. The molecule has 0 radical (unpaired) electrons. The average molecular weight is 310 g/mol. The lowest BCUT2D eigenvalue weighted by Crippen LogP contribution is -2.26. The first-order valence-electron chi connectivity index (χ1n) is 7.15. The minimum atomic E-state index is -0.327. The van der Waals surface area contributed by atoms with Gasteiger partial charge < -0.3 is 9.42 Å². The van der Waals surface area contributed by atoms with Gasteiger partial charge in [0, 0.05) is 25.2 Å². The van der Waals surface area contributed by atoms with Gasteiger partial charge in [-0.1, -0.05) is 35.5 Å². The highest BCUT2D eigenvalue weighted by Crippen LogP contribution is 2.21. The summed E-state index contributed by atoms with van der Waals surface area (Å²) >= 11 is 0. The van der Waals surface area contributed by atoms with Crippen molar-refractivity contribution in [2.45, 2.75) is 6.54 Å². The van der Waals surface area contributed by atoms with Crippen LogP contribution in [0, 0.1) is 5.82 Å². The zero-order valence-corrected chi connectivity index (χ0v) is 12.6. The van der Waals surface area contributed by atoms with E-state index >= 15 is 0 Å². The first-order chi connectivity index (χ1) is 11.1. The zero-order valence-electron chi connectivity index (χ0n) is 12.6. The molecular weight excluding hydrogens is 295 g/mol. The number of benzene rings is 2. The summed E-state index contributed by atoms with van der Waals surface area (Å²) in [6, 6.07) is 17.1. The van der Waals surface area contributed by atoms with E-state index in [4.69, 9.17) is 4.52 Å². The first kappa shape index (κ1) is 15.0. The molecule has 1 aromatic heterocycles.